The van der Waals surface area contributed by atoms with E-state index in [4.69, 9.17) is 9.15 Å². The lowest BCUT2D eigenvalue weighted by Gasteiger charge is -2.03. The first-order valence-corrected chi connectivity index (χ1v) is 8.17. The molecule has 1 fully saturated rings. The van der Waals surface area contributed by atoms with Gasteiger partial charge in [-0.2, -0.15) is 8.78 Å². The number of allylic oxidation sites excluding steroid dienone is 1. The minimum atomic E-state index is -1.76. The second-order valence-electron chi connectivity index (χ2n) is 6.97. The predicted octanol–water partition coefficient (Wildman–Crippen LogP) is 4.97. The molecule has 2 aromatic rings. The number of benzene rings is 1. The highest BCUT2D eigenvalue weighted by atomic mass is 19.3. The Bertz CT molecular complexity index is 773. The fourth-order valence-electron chi connectivity index (χ4n) is 3.21. The summed E-state index contributed by atoms with van der Waals surface area (Å²) in [5, 5.41) is 0. The van der Waals surface area contributed by atoms with Crippen LogP contribution in [0.25, 0.3) is 0 Å². The van der Waals surface area contributed by atoms with Gasteiger partial charge < -0.3 is 9.15 Å². The third-order valence-corrected chi connectivity index (χ3v) is 4.78. The van der Waals surface area contributed by atoms with Crippen LogP contribution in [-0.4, -0.2) is 5.97 Å². The van der Waals surface area contributed by atoms with E-state index in [-0.39, 0.29) is 6.61 Å². The highest BCUT2D eigenvalue weighted by molar-refractivity contribution is 5.78. The molecule has 0 bridgehead atoms. The Balaban J connectivity index is 1.54. The monoisotopic (exact) mass is 346 g/mol. The van der Waals surface area contributed by atoms with Crippen LogP contribution in [0, 0.1) is 17.3 Å². The normalized spacial score (nSPS) is 20.8. The van der Waals surface area contributed by atoms with Crippen LogP contribution in [0.15, 0.2) is 59.2 Å². The van der Waals surface area contributed by atoms with Crippen molar-refractivity contribution in [3.63, 3.8) is 0 Å². The molecule has 0 radical (unpaired) electrons. The summed E-state index contributed by atoms with van der Waals surface area (Å²) >= 11 is 0. The van der Waals surface area contributed by atoms with Crippen molar-refractivity contribution in [3.05, 3.63) is 71.7 Å². The number of furan rings is 1. The molecule has 0 unspecified atom stereocenters. The van der Waals surface area contributed by atoms with Crippen LogP contribution in [0.3, 0.4) is 0 Å². The van der Waals surface area contributed by atoms with E-state index < -0.39 is 29.3 Å². The zero-order valence-electron chi connectivity index (χ0n) is 14.2. The van der Waals surface area contributed by atoms with Crippen molar-refractivity contribution in [2.75, 3.05) is 0 Å². The van der Waals surface area contributed by atoms with Gasteiger partial charge in [0.2, 0.25) is 0 Å². The second-order valence-corrected chi connectivity index (χ2v) is 6.97. The van der Waals surface area contributed by atoms with E-state index >= 15 is 0 Å². The van der Waals surface area contributed by atoms with Gasteiger partial charge in [0.25, 0.3) is 6.08 Å². The molecule has 132 valence electrons. The van der Waals surface area contributed by atoms with Gasteiger partial charge in [0.1, 0.15) is 12.4 Å². The van der Waals surface area contributed by atoms with E-state index in [9.17, 15) is 13.6 Å². The molecule has 3 nitrogen and oxygen atoms in total. The third-order valence-electron chi connectivity index (χ3n) is 4.78. The van der Waals surface area contributed by atoms with Gasteiger partial charge in [0, 0.05) is 17.9 Å². The Hall–Kier alpha value is -2.43. The summed E-state index contributed by atoms with van der Waals surface area (Å²) in [5.41, 5.74) is 1.39. The van der Waals surface area contributed by atoms with Crippen LogP contribution in [0.2, 0.25) is 0 Å². The maximum Gasteiger partial charge on any atom is 0.310 e. The molecule has 3 rings (SSSR count). The molecule has 0 spiro atoms. The van der Waals surface area contributed by atoms with Crippen molar-refractivity contribution in [2.24, 2.45) is 17.3 Å². The predicted molar refractivity (Wildman–Crippen MR) is 88.8 cm³/mol. The lowest BCUT2D eigenvalue weighted by Crippen LogP contribution is -2.10. The maximum atomic E-state index is 12.4. The van der Waals surface area contributed by atoms with Gasteiger partial charge in [-0.1, -0.05) is 44.2 Å². The lowest BCUT2D eigenvalue weighted by atomic mass is 10.1. The van der Waals surface area contributed by atoms with Crippen molar-refractivity contribution in [2.45, 2.75) is 26.9 Å². The van der Waals surface area contributed by atoms with Gasteiger partial charge in [0.05, 0.1) is 12.2 Å². The van der Waals surface area contributed by atoms with E-state index in [0.717, 1.165) is 23.0 Å². The standard InChI is InChI=1S/C20H20F2O3/c1-20(2)16(10-17(21)22)18(20)19(23)25-12-14-9-15(24-11-14)8-13-6-4-3-5-7-13/h3-7,9-11,16,18H,8,12H2,1-2H3/t16-,18+/m1/s1. The molecule has 1 aromatic carbocycles. The van der Waals surface area contributed by atoms with Crippen LogP contribution in [-0.2, 0) is 22.6 Å². The Kier molecular flexibility index (Phi) is 4.75. The molecule has 1 aromatic heterocycles. The molecule has 1 aliphatic carbocycles. The quantitative estimate of drug-likeness (QED) is 0.694. The molecule has 2 atom stereocenters. The van der Waals surface area contributed by atoms with Crippen LogP contribution in [0.5, 0.6) is 0 Å². The zero-order valence-corrected chi connectivity index (χ0v) is 14.2. The summed E-state index contributed by atoms with van der Waals surface area (Å²) in [6.07, 6.45) is 1.31. The largest absolute Gasteiger partial charge is 0.469 e. The average Bonchev–Trinajstić information content (AvgIpc) is 2.90. The Morgan fingerprint density at radius 3 is 2.64 bits per heavy atom. The highest BCUT2D eigenvalue weighted by Crippen LogP contribution is 2.60. The first-order chi connectivity index (χ1) is 11.9. The molecule has 0 amide bonds. The van der Waals surface area contributed by atoms with E-state index in [1.54, 1.807) is 20.1 Å². The minimum Gasteiger partial charge on any atom is -0.469 e. The molecule has 1 saturated carbocycles. The van der Waals surface area contributed by atoms with Crippen LogP contribution >= 0.6 is 0 Å². The fraction of sp³-hybridized carbons (Fsp3) is 0.350. The molecule has 1 aliphatic rings. The third kappa shape index (κ3) is 3.98. The highest BCUT2D eigenvalue weighted by Gasteiger charge is 2.61. The zero-order chi connectivity index (χ0) is 18.0. The van der Waals surface area contributed by atoms with Gasteiger partial charge in [-0.05, 0) is 23.1 Å². The number of carbonyl (C=O) groups is 1. The summed E-state index contributed by atoms with van der Waals surface area (Å²) in [4.78, 5) is 12.2. The summed E-state index contributed by atoms with van der Waals surface area (Å²) in [6.45, 7) is 3.66. The first-order valence-electron chi connectivity index (χ1n) is 8.17. The number of ether oxygens (including phenoxy) is 1. The molecule has 0 saturated heterocycles. The molecular weight excluding hydrogens is 326 g/mol. The molecule has 5 heteroatoms. The first kappa shape index (κ1) is 17.4. The summed E-state index contributed by atoms with van der Waals surface area (Å²) in [5.74, 6) is -0.657. The molecule has 0 aliphatic heterocycles. The van der Waals surface area contributed by atoms with Crippen LogP contribution in [0.4, 0.5) is 8.78 Å². The number of halogens is 2. The number of rotatable bonds is 6. The second kappa shape index (κ2) is 6.82. The van der Waals surface area contributed by atoms with E-state index in [1.165, 1.54) is 0 Å². The molecule has 1 heterocycles. The average molecular weight is 346 g/mol. The smallest absolute Gasteiger partial charge is 0.310 e. The number of esters is 1. The number of hydrogen-bond acceptors (Lipinski definition) is 3. The summed E-state index contributed by atoms with van der Waals surface area (Å²) in [6, 6.07) is 11.7. The van der Waals surface area contributed by atoms with Crippen LogP contribution < -0.4 is 0 Å². The fourth-order valence-corrected chi connectivity index (χ4v) is 3.21. The van der Waals surface area contributed by atoms with E-state index in [1.807, 2.05) is 36.4 Å². The summed E-state index contributed by atoms with van der Waals surface area (Å²) < 4.78 is 35.7. The van der Waals surface area contributed by atoms with Crippen LogP contribution in [0.1, 0.15) is 30.7 Å². The SMILES string of the molecule is CC1(C)[C@H](C=C(F)F)[C@H]1C(=O)OCc1coc(Cc2ccccc2)c1. The van der Waals surface area contributed by atoms with Crippen molar-refractivity contribution in [1.82, 2.24) is 0 Å². The van der Waals surface area contributed by atoms with E-state index in [2.05, 4.69) is 0 Å². The lowest BCUT2D eigenvalue weighted by molar-refractivity contribution is -0.147. The summed E-state index contributed by atoms with van der Waals surface area (Å²) in [7, 11) is 0. The topological polar surface area (TPSA) is 39.4 Å². The van der Waals surface area contributed by atoms with Gasteiger partial charge in [-0.25, -0.2) is 0 Å². The van der Waals surface area contributed by atoms with Crippen molar-refractivity contribution >= 4 is 5.97 Å². The molecular formula is C20H20F2O3. The van der Waals surface area contributed by atoms with Gasteiger partial charge in [-0.15, -0.1) is 0 Å². The minimum absolute atomic E-state index is 0.0816. The van der Waals surface area contributed by atoms with E-state index in [0.29, 0.717) is 6.42 Å². The van der Waals surface area contributed by atoms with Gasteiger partial charge in [-0.3, -0.25) is 4.79 Å². The van der Waals surface area contributed by atoms with Crippen molar-refractivity contribution < 1.29 is 22.7 Å². The maximum absolute atomic E-state index is 12.4. The van der Waals surface area contributed by atoms with Crippen molar-refractivity contribution in [3.8, 4) is 0 Å². The van der Waals surface area contributed by atoms with Crippen molar-refractivity contribution in [1.29, 1.82) is 0 Å². The Morgan fingerprint density at radius 2 is 1.96 bits per heavy atom. The molecule has 25 heavy (non-hydrogen) atoms. The van der Waals surface area contributed by atoms with Gasteiger partial charge in [0.15, 0.2) is 0 Å². The Labute approximate surface area is 145 Å². The number of hydrogen-bond donors (Lipinski definition) is 0. The molecule has 0 N–H and O–H groups in total. The Morgan fingerprint density at radius 1 is 1.24 bits per heavy atom. The number of carbonyl (C=O) groups excluding carboxylic acids is 1. The van der Waals surface area contributed by atoms with Gasteiger partial charge >= 0.3 is 5.97 Å².